The van der Waals surface area contributed by atoms with Crippen molar-refractivity contribution in [3.8, 4) is 0 Å². The minimum atomic E-state index is -0.298. The number of carbonyl (C=O) groups is 1. The lowest BCUT2D eigenvalue weighted by Crippen LogP contribution is -2.14. The summed E-state index contributed by atoms with van der Waals surface area (Å²) in [5.74, 6) is 0.826. The highest BCUT2D eigenvalue weighted by Gasteiger charge is 2.21. The molecule has 1 saturated carbocycles. The Balaban J connectivity index is 1.67. The summed E-state index contributed by atoms with van der Waals surface area (Å²) < 4.78 is 0. The largest absolute Gasteiger partial charge is 0.366 e. The molecule has 2 N–H and O–H groups in total. The first-order chi connectivity index (χ1) is 9.72. The van der Waals surface area contributed by atoms with Crippen LogP contribution in [0.25, 0.3) is 0 Å². The van der Waals surface area contributed by atoms with Crippen LogP contribution in [0.3, 0.4) is 0 Å². The number of amides is 1. The summed E-state index contributed by atoms with van der Waals surface area (Å²) in [6, 6.07) is 10.9. The van der Waals surface area contributed by atoms with Gasteiger partial charge in [-0.15, -0.1) is 10.2 Å². The van der Waals surface area contributed by atoms with E-state index in [1.165, 1.54) is 12.8 Å². The van der Waals surface area contributed by atoms with Crippen LogP contribution in [0.15, 0.2) is 36.4 Å². The Labute approximate surface area is 121 Å². The molecule has 1 fully saturated rings. The number of benzene rings is 1. The molecule has 1 aliphatic rings. The number of nitrogens with zero attached hydrogens (tertiary/aromatic N) is 2. The van der Waals surface area contributed by atoms with Crippen molar-refractivity contribution in [2.45, 2.75) is 18.9 Å². The molecule has 1 aromatic heterocycles. The van der Waals surface area contributed by atoms with Crippen LogP contribution in [0.4, 0.5) is 11.6 Å². The number of carbonyl (C=O) groups excluding carboxylic acids is 1. The minimum Gasteiger partial charge on any atom is -0.366 e. The van der Waals surface area contributed by atoms with Crippen molar-refractivity contribution >= 4 is 29.1 Å². The van der Waals surface area contributed by atoms with E-state index >= 15 is 0 Å². The lowest BCUT2D eigenvalue weighted by Gasteiger charge is -2.06. The molecule has 0 saturated heterocycles. The van der Waals surface area contributed by atoms with Crippen LogP contribution in [0.5, 0.6) is 0 Å². The normalized spacial score (nSPS) is 13.8. The molecule has 6 heteroatoms. The Kier molecular flexibility index (Phi) is 3.52. The molecule has 20 heavy (non-hydrogen) atoms. The van der Waals surface area contributed by atoms with Crippen molar-refractivity contribution in [2.24, 2.45) is 0 Å². The van der Waals surface area contributed by atoms with E-state index in [1.807, 2.05) is 0 Å². The fourth-order valence-electron chi connectivity index (χ4n) is 1.74. The van der Waals surface area contributed by atoms with E-state index in [2.05, 4.69) is 20.8 Å². The number of rotatable bonds is 4. The molecular formula is C14H13ClN4O. The fourth-order valence-corrected chi connectivity index (χ4v) is 1.96. The predicted octanol–water partition coefficient (Wildman–Crippen LogP) is 2.96. The maximum Gasteiger partial charge on any atom is 0.258 e. The van der Waals surface area contributed by atoms with Gasteiger partial charge in [-0.3, -0.25) is 4.79 Å². The molecule has 0 unspecified atom stereocenters. The summed E-state index contributed by atoms with van der Waals surface area (Å²) in [6.45, 7) is 0. The summed E-state index contributed by atoms with van der Waals surface area (Å²) >= 11 is 5.97. The van der Waals surface area contributed by atoms with E-state index in [0.717, 1.165) is 5.82 Å². The van der Waals surface area contributed by atoms with Crippen LogP contribution in [0.2, 0.25) is 5.02 Å². The zero-order chi connectivity index (χ0) is 13.9. The highest BCUT2D eigenvalue weighted by atomic mass is 35.5. The van der Waals surface area contributed by atoms with Gasteiger partial charge in [-0.25, -0.2) is 0 Å². The molecule has 102 valence electrons. The summed E-state index contributed by atoms with van der Waals surface area (Å²) in [5, 5.41) is 14.3. The summed E-state index contributed by atoms with van der Waals surface area (Å²) in [6.07, 6.45) is 2.35. The van der Waals surface area contributed by atoms with Gasteiger partial charge in [-0.2, -0.15) is 0 Å². The monoisotopic (exact) mass is 288 g/mol. The maximum absolute atomic E-state index is 12.0. The Morgan fingerprint density at radius 2 is 1.80 bits per heavy atom. The van der Waals surface area contributed by atoms with Gasteiger partial charge < -0.3 is 10.6 Å². The van der Waals surface area contributed by atoms with Gasteiger partial charge in [0.2, 0.25) is 0 Å². The predicted molar refractivity (Wildman–Crippen MR) is 78.1 cm³/mol. The molecule has 1 amide bonds. The topological polar surface area (TPSA) is 66.9 Å². The van der Waals surface area contributed by atoms with Crippen LogP contribution in [0.1, 0.15) is 23.2 Å². The Bertz CT molecular complexity index is 625. The zero-order valence-electron chi connectivity index (χ0n) is 10.6. The summed E-state index contributed by atoms with van der Waals surface area (Å²) in [7, 11) is 0. The van der Waals surface area contributed by atoms with E-state index in [9.17, 15) is 4.79 Å². The average molecular weight is 289 g/mol. The van der Waals surface area contributed by atoms with Crippen LogP contribution in [-0.2, 0) is 0 Å². The van der Waals surface area contributed by atoms with Crippen molar-refractivity contribution in [3.63, 3.8) is 0 Å². The molecule has 5 nitrogen and oxygen atoms in total. The van der Waals surface area contributed by atoms with Gasteiger partial charge in [0.05, 0.1) is 10.6 Å². The van der Waals surface area contributed by atoms with Crippen LogP contribution >= 0.6 is 11.6 Å². The molecule has 1 heterocycles. The molecule has 0 aliphatic heterocycles. The minimum absolute atomic E-state index is 0.298. The van der Waals surface area contributed by atoms with Crippen molar-refractivity contribution in [1.82, 2.24) is 10.2 Å². The highest BCUT2D eigenvalue weighted by molar-refractivity contribution is 6.34. The molecule has 0 atom stereocenters. The molecule has 1 aromatic carbocycles. The van der Waals surface area contributed by atoms with Gasteiger partial charge in [-0.1, -0.05) is 23.7 Å². The van der Waals surface area contributed by atoms with Crippen LogP contribution in [0, 0.1) is 0 Å². The van der Waals surface area contributed by atoms with Crippen LogP contribution < -0.4 is 10.6 Å². The fraction of sp³-hybridized carbons (Fsp3) is 0.214. The van der Waals surface area contributed by atoms with Gasteiger partial charge in [0.1, 0.15) is 5.82 Å². The van der Waals surface area contributed by atoms with E-state index in [4.69, 9.17) is 11.6 Å². The quantitative estimate of drug-likeness (QED) is 0.908. The second-order valence-electron chi connectivity index (χ2n) is 4.66. The van der Waals surface area contributed by atoms with E-state index < -0.39 is 0 Å². The van der Waals surface area contributed by atoms with Gasteiger partial charge in [0, 0.05) is 6.04 Å². The lowest BCUT2D eigenvalue weighted by atomic mass is 10.2. The molecule has 0 radical (unpaired) electrons. The van der Waals surface area contributed by atoms with Gasteiger partial charge in [0.25, 0.3) is 5.91 Å². The third-order valence-corrected chi connectivity index (χ3v) is 3.28. The zero-order valence-corrected chi connectivity index (χ0v) is 11.4. The van der Waals surface area contributed by atoms with E-state index in [0.29, 0.717) is 22.4 Å². The van der Waals surface area contributed by atoms with Crippen molar-refractivity contribution in [3.05, 3.63) is 47.0 Å². The second kappa shape index (κ2) is 5.46. The number of halogens is 1. The Morgan fingerprint density at radius 3 is 2.45 bits per heavy atom. The van der Waals surface area contributed by atoms with Gasteiger partial charge in [0.15, 0.2) is 5.82 Å². The smallest absolute Gasteiger partial charge is 0.258 e. The first kappa shape index (κ1) is 12.9. The second-order valence-corrected chi connectivity index (χ2v) is 5.06. The third kappa shape index (κ3) is 3.05. The standard InChI is InChI=1S/C14H13ClN4O/c15-11-4-2-1-3-10(11)14(20)17-13-8-7-12(18-19-13)16-9-5-6-9/h1-4,7-9H,5-6H2,(H,16,18)(H,17,19,20). The maximum atomic E-state index is 12.0. The van der Waals surface area contributed by atoms with Crippen molar-refractivity contribution < 1.29 is 4.79 Å². The number of hydrogen-bond donors (Lipinski definition) is 2. The number of anilines is 2. The molecular weight excluding hydrogens is 276 g/mol. The highest BCUT2D eigenvalue weighted by Crippen LogP contribution is 2.23. The number of hydrogen-bond acceptors (Lipinski definition) is 4. The molecule has 0 spiro atoms. The number of nitrogens with one attached hydrogen (secondary N) is 2. The average Bonchev–Trinajstić information content (AvgIpc) is 3.25. The molecule has 3 rings (SSSR count). The van der Waals surface area contributed by atoms with Crippen molar-refractivity contribution in [2.75, 3.05) is 10.6 Å². The summed E-state index contributed by atoms with van der Waals surface area (Å²) in [5.41, 5.74) is 0.413. The van der Waals surface area contributed by atoms with E-state index in [-0.39, 0.29) is 5.91 Å². The Hall–Kier alpha value is -2.14. The first-order valence-corrected chi connectivity index (χ1v) is 6.76. The SMILES string of the molecule is O=C(Nc1ccc(NC2CC2)nn1)c1ccccc1Cl. The molecule has 2 aromatic rings. The third-order valence-electron chi connectivity index (χ3n) is 2.95. The van der Waals surface area contributed by atoms with Crippen LogP contribution in [-0.4, -0.2) is 22.1 Å². The Morgan fingerprint density at radius 1 is 1.10 bits per heavy atom. The van der Waals surface area contributed by atoms with E-state index in [1.54, 1.807) is 36.4 Å². The molecule has 1 aliphatic carbocycles. The molecule has 0 bridgehead atoms. The number of aromatic nitrogens is 2. The lowest BCUT2D eigenvalue weighted by molar-refractivity contribution is 0.102. The van der Waals surface area contributed by atoms with Crippen molar-refractivity contribution in [1.29, 1.82) is 0 Å². The van der Waals surface area contributed by atoms with Gasteiger partial charge in [-0.05, 0) is 37.1 Å². The first-order valence-electron chi connectivity index (χ1n) is 6.38. The summed E-state index contributed by atoms with van der Waals surface area (Å²) in [4.78, 5) is 12.0. The van der Waals surface area contributed by atoms with Gasteiger partial charge >= 0.3 is 0 Å².